The predicted molar refractivity (Wildman–Crippen MR) is 68.8 cm³/mol. The Labute approximate surface area is 102 Å². The number of nitrogens with two attached hydrogens (primary N) is 1. The third-order valence-electron chi connectivity index (χ3n) is 2.52. The van der Waals surface area contributed by atoms with Gasteiger partial charge in [0.25, 0.3) is 0 Å². The summed E-state index contributed by atoms with van der Waals surface area (Å²) in [6.45, 7) is 9.03. The van der Waals surface area contributed by atoms with Crippen LogP contribution in [0.1, 0.15) is 31.5 Å². The lowest BCUT2D eigenvalue weighted by Gasteiger charge is -2.26. The molecule has 1 rings (SSSR count). The molecule has 2 unspecified atom stereocenters. The molecule has 0 radical (unpaired) electrons. The smallest absolute Gasteiger partial charge is 0.0944 e. The number of hydrogen-bond donors (Lipinski definition) is 1. The Hall–Kier alpha value is -0.450. The number of aromatic nitrogens is 1. The fourth-order valence-electron chi connectivity index (χ4n) is 1.82. The molecule has 1 aromatic heterocycles. The second-order valence-electron chi connectivity index (χ2n) is 4.41. The van der Waals surface area contributed by atoms with Crippen molar-refractivity contribution >= 4 is 11.3 Å². The minimum Gasteiger partial charge on any atom is -0.377 e. The van der Waals surface area contributed by atoms with Crippen molar-refractivity contribution in [2.45, 2.75) is 46.3 Å². The first-order chi connectivity index (χ1) is 7.54. The fraction of sp³-hybridized carbons (Fsp3) is 0.750. The molecule has 0 aliphatic rings. The fourth-order valence-corrected chi connectivity index (χ4v) is 2.66. The van der Waals surface area contributed by atoms with Gasteiger partial charge in [-0.15, -0.1) is 11.3 Å². The summed E-state index contributed by atoms with van der Waals surface area (Å²) in [6.07, 6.45) is 0.927. The van der Waals surface area contributed by atoms with Crippen molar-refractivity contribution in [3.8, 4) is 0 Å². The predicted octanol–water partition coefficient (Wildman–Crippen LogP) is 2.38. The molecule has 0 spiro atoms. The zero-order valence-electron chi connectivity index (χ0n) is 10.6. The Bertz CT molecular complexity index is 312. The average molecular weight is 242 g/mol. The van der Waals surface area contributed by atoms with Crippen LogP contribution in [0.3, 0.4) is 0 Å². The van der Waals surface area contributed by atoms with E-state index in [1.54, 1.807) is 11.3 Å². The third kappa shape index (κ3) is 3.85. The Morgan fingerprint density at radius 2 is 2.19 bits per heavy atom. The highest BCUT2D eigenvalue weighted by molar-refractivity contribution is 7.09. The molecule has 0 bridgehead atoms. The van der Waals surface area contributed by atoms with Crippen molar-refractivity contribution in [2.75, 3.05) is 6.61 Å². The Morgan fingerprint density at radius 1 is 1.50 bits per heavy atom. The van der Waals surface area contributed by atoms with E-state index in [9.17, 15) is 0 Å². The third-order valence-corrected chi connectivity index (χ3v) is 3.50. The minimum atomic E-state index is 0.0329. The SMILES string of the molecule is CCOC(C(C)C)C(N)Cc1nc(C)cs1. The van der Waals surface area contributed by atoms with E-state index in [2.05, 4.69) is 24.2 Å². The molecule has 4 heteroatoms. The van der Waals surface area contributed by atoms with E-state index in [0.717, 1.165) is 17.1 Å². The highest BCUT2D eigenvalue weighted by atomic mass is 32.1. The van der Waals surface area contributed by atoms with Crippen LogP contribution in [0.25, 0.3) is 0 Å². The van der Waals surface area contributed by atoms with Gasteiger partial charge in [0, 0.05) is 30.1 Å². The molecule has 2 N–H and O–H groups in total. The van der Waals surface area contributed by atoms with Gasteiger partial charge < -0.3 is 10.5 Å². The molecule has 0 aromatic carbocycles. The van der Waals surface area contributed by atoms with E-state index < -0.39 is 0 Å². The second-order valence-corrected chi connectivity index (χ2v) is 5.36. The summed E-state index contributed by atoms with van der Waals surface area (Å²) in [5.41, 5.74) is 7.26. The first kappa shape index (κ1) is 13.6. The number of ether oxygens (including phenoxy) is 1. The molecule has 2 atom stereocenters. The van der Waals surface area contributed by atoms with Crippen LogP contribution in [0.2, 0.25) is 0 Å². The maximum atomic E-state index is 6.19. The Morgan fingerprint density at radius 3 is 2.62 bits per heavy atom. The van der Waals surface area contributed by atoms with Crippen LogP contribution in [-0.2, 0) is 11.2 Å². The van der Waals surface area contributed by atoms with Crippen molar-refractivity contribution in [3.05, 3.63) is 16.1 Å². The van der Waals surface area contributed by atoms with Crippen LogP contribution in [0.15, 0.2) is 5.38 Å². The minimum absolute atomic E-state index is 0.0329. The summed E-state index contributed by atoms with van der Waals surface area (Å²) in [6, 6.07) is 0.0329. The van der Waals surface area contributed by atoms with Gasteiger partial charge in [-0.3, -0.25) is 0 Å². The molecular formula is C12H22N2OS. The number of nitrogens with zero attached hydrogens (tertiary/aromatic N) is 1. The molecule has 0 aliphatic carbocycles. The summed E-state index contributed by atoms with van der Waals surface area (Å²) in [4.78, 5) is 4.44. The zero-order valence-corrected chi connectivity index (χ0v) is 11.4. The number of rotatable bonds is 6. The Kier molecular flexibility index (Phi) is 5.38. The van der Waals surface area contributed by atoms with Gasteiger partial charge in [-0.05, 0) is 19.8 Å². The van der Waals surface area contributed by atoms with Gasteiger partial charge in [-0.25, -0.2) is 4.98 Å². The monoisotopic (exact) mass is 242 g/mol. The van der Waals surface area contributed by atoms with Gasteiger partial charge in [0.15, 0.2) is 0 Å². The van der Waals surface area contributed by atoms with Crippen molar-refractivity contribution in [2.24, 2.45) is 11.7 Å². The van der Waals surface area contributed by atoms with Gasteiger partial charge in [0.05, 0.1) is 11.1 Å². The molecule has 0 amide bonds. The van der Waals surface area contributed by atoms with Crippen molar-refractivity contribution < 1.29 is 4.74 Å². The van der Waals surface area contributed by atoms with Crippen LogP contribution < -0.4 is 5.73 Å². The Balaban J connectivity index is 2.57. The first-order valence-electron chi connectivity index (χ1n) is 5.82. The molecule has 3 nitrogen and oxygen atoms in total. The molecule has 0 saturated carbocycles. The standard InChI is InChI=1S/C12H22N2OS/c1-5-15-12(8(2)3)10(13)6-11-14-9(4)7-16-11/h7-8,10,12H,5-6,13H2,1-4H3. The van der Waals surface area contributed by atoms with Crippen LogP contribution in [-0.4, -0.2) is 23.7 Å². The van der Waals surface area contributed by atoms with E-state index in [1.807, 2.05) is 13.8 Å². The van der Waals surface area contributed by atoms with Gasteiger partial charge in [0.1, 0.15) is 0 Å². The maximum Gasteiger partial charge on any atom is 0.0944 e. The highest BCUT2D eigenvalue weighted by Crippen LogP contribution is 2.16. The number of hydrogen-bond acceptors (Lipinski definition) is 4. The summed E-state index contributed by atoms with van der Waals surface area (Å²) in [5.74, 6) is 0.441. The molecular weight excluding hydrogens is 220 g/mol. The molecule has 0 saturated heterocycles. The molecule has 92 valence electrons. The van der Waals surface area contributed by atoms with Crippen LogP contribution in [0, 0.1) is 12.8 Å². The second kappa shape index (κ2) is 6.33. The van der Waals surface area contributed by atoms with Crippen LogP contribution in [0.5, 0.6) is 0 Å². The highest BCUT2D eigenvalue weighted by Gasteiger charge is 2.22. The van der Waals surface area contributed by atoms with Crippen LogP contribution in [0.4, 0.5) is 0 Å². The molecule has 1 aromatic rings. The lowest BCUT2D eigenvalue weighted by atomic mass is 9.98. The van der Waals surface area contributed by atoms with E-state index >= 15 is 0 Å². The lowest BCUT2D eigenvalue weighted by molar-refractivity contribution is 0.0127. The number of thiazole rings is 1. The summed E-state index contributed by atoms with van der Waals surface area (Å²) in [7, 11) is 0. The quantitative estimate of drug-likeness (QED) is 0.833. The van der Waals surface area contributed by atoms with Crippen LogP contribution >= 0.6 is 11.3 Å². The van der Waals surface area contributed by atoms with E-state index in [-0.39, 0.29) is 12.1 Å². The van der Waals surface area contributed by atoms with Gasteiger partial charge in [-0.2, -0.15) is 0 Å². The van der Waals surface area contributed by atoms with E-state index in [0.29, 0.717) is 12.5 Å². The summed E-state index contributed by atoms with van der Waals surface area (Å²) >= 11 is 1.68. The normalized spacial score (nSPS) is 15.4. The summed E-state index contributed by atoms with van der Waals surface area (Å²) in [5, 5.41) is 3.17. The van der Waals surface area contributed by atoms with Crippen molar-refractivity contribution in [1.82, 2.24) is 4.98 Å². The number of aryl methyl sites for hydroxylation is 1. The van der Waals surface area contributed by atoms with Gasteiger partial charge in [-0.1, -0.05) is 13.8 Å². The molecule has 16 heavy (non-hydrogen) atoms. The summed E-state index contributed by atoms with van der Waals surface area (Å²) < 4.78 is 5.70. The molecule has 0 fully saturated rings. The van der Waals surface area contributed by atoms with Crippen molar-refractivity contribution in [1.29, 1.82) is 0 Å². The molecule has 1 heterocycles. The molecule has 0 aliphatic heterocycles. The van der Waals surface area contributed by atoms with Gasteiger partial charge >= 0.3 is 0 Å². The topological polar surface area (TPSA) is 48.1 Å². The van der Waals surface area contributed by atoms with E-state index in [1.165, 1.54) is 0 Å². The van der Waals surface area contributed by atoms with E-state index in [4.69, 9.17) is 10.5 Å². The average Bonchev–Trinajstić information content (AvgIpc) is 2.59. The lowest BCUT2D eigenvalue weighted by Crippen LogP contribution is -2.42. The van der Waals surface area contributed by atoms with Crippen molar-refractivity contribution in [3.63, 3.8) is 0 Å². The largest absolute Gasteiger partial charge is 0.377 e. The van der Waals surface area contributed by atoms with Gasteiger partial charge in [0.2, 0.25) is 0 Å². The first-order valence-corrected chi connectivity index (χ1v) is 6.70. The maximum absolute atomic E-state index is 6.19. The zero-order chi connectivity index (χ0) is 12.1.